The summed E-state index contributed by atoms with van der Waals surface area (Å²) in [6, 6.07) is 0.445. The smallest absolute Gasteiger partial charge is 0.326 e. The van der Waals surface area contributed by atoms with Gasteiger partial charge in [-0.25, -0.2) is 14.0 Å². The van der Waals surface area contributed by atoms with Crippen molar-refractivity contribution in [3.8, 4) is 0 Å². The normalized spacial score (nSPS) is 13.4. The molecule has 1 rings (SSSR count). The molecule has 1 aromatic rings. The summed E-state index contributed by atoms with van der Waals surface area (Å²) in [4.78, 5) is 23.0. The van der Waals surface area contributed by atoms with Gasteiger partial charge in [0.15, 0.2) is 0 Å². The Morgan fingerprint density at radius 2 is 2.10 bits per heavy atom. The third-order valence-electron chi connectivity index (χ3n) is 3.01. The third kappa shape index (κ3) is 4.86. The molecule has 0 aromatic heterocycles. The molecule has 3 N–H and O–H groups in total. The number of halogens is 3. The highest BCUT2D eigenvalue weighted by Gasteiger charge is 2.25. The molecule has 0 aliphatic rings. The fourth-order valence-corrected chi connectivity index (χ4v) is 2.53. The van der Waals surface area contributed by atoms with Crippen molar-refractivity contribution in [2.75, 3.05) is 5.32 Å². The zero-order chi connectivity index (χ0) is 16.2. The van der Waals surface area contributed by atoms with Crippen molar-refractivity contribution in [3.05, 3.63) is 27.4 Å². The summed E-state index contributed by atoms with van der Waals surface area (Å²) in [5.41, 5.74) is 0.170. The lowest BCUT2D eigenvalue weighted by atomic mass is 9.99. The highest BCUT2D eigenvalue weighted by Crippen LogP contribution is 2.31. The molecule has 2 amide bonds. The van der Waals surface area contributed by atoms with E-state index >= 15 is 0 Å². The van der Waals surface area contributed by atoms with E-state index < -0.39 is 23.9 Å². The Morgan fingerprint density at radius 1 is 1.48 bits per heavy atom. The van der Waals surface area contributed by atoms with E-state index in [9.17, 15) is 14.0 Å². The Kier molecular flexibility index (Phi) is 6.42. The van der Waals surface area contributed by atoms with Gasteiger partial charge in [0.2, 0.25) is 0 Å². The largest absolute Gasteiger partial charge is 0.480 e. The maximum absolute atomic E-state index is 13.1. The first-order valence-electron chi connectivity index (χ1n) is 6.21. The molecule has 0 bridgehead atoms. The quantitative estimate of drug-likeness (QED) is 0.724. The minimum Gasteiger partial charge on any atom is -0.480 e. The number of carbonyl (C=O) groups is 2. The van der Waals surface area contributed by atoms with Crippen molar-refractivity contribution in [2.24, 2.45) is 5.92 Å². The van der Waals surface area contributed by atoms with Gasteiger partial charge in [0.1, 0.15) is 11.9 Å². The number of rotatable bonds is 5. The first-order valence-corrected chi connectivity index (χ1v) is 7.38. The minimum atomic E-state index is -1.12. The van der Waals surface area contributed by atoms with E-state index in [-0.39, 0.29) is 21.1 Å². The van der Waals surface area contributed by atoms with Crippen LogP contribution in [0.25, 0.3) is 0 Å². The van der Waals surface area contributed by atoms with E-state index in [4.69, 9.17) is 16.7 Å². The Hall–Kier alpha value is -1.34. The van der Waals surface area contributed by atoms with Gasteiger partial charge in [0, 0.05) is 4.47 Å². The number of aliphatic carboxylic acids is 1. The predicted octanol–water partition coefficient (Wildman–Crippen LogP) is 3.86. The summed E-state index contributed by atoms with van der Waals surface area (Å²) in [7, 11) is 0. The van der Waals surface area contributed by atoms with E-state index in [1.54, 1.807) is 6.92 Å². The number of carbonyl (C=O) groups excluding carboxylic acids is 1. The van der Waals surface area contributed by atoms with Crippen molar-refractivity contribution in [1.82, 2.24) is 5.32 Å². The number of anilines is 1. The summed E-state index contributed by atoms with van der Waals surface area (Å²) < 4.78 is 13.4. The molecule has 116 valence electrons. The zero-order valence-electron chi connectivity index (χ0n) is 11.4. The van der Waals surface area contributed by atoms with Gasteiger partial charge in [-0.2, -0.15) is 0 Å². The molecular weight excluding hydrogens is 367 g/mol. The van der Waals surface area contributed by atoms with E-state index in [1.165, 1.54) is 0 Å². The van der Waals surface area contributed by atoms with Crippen LogP contribution >= 0.6 is 27.5 Å². The van der Waals surface area contributed by atoms with Gasteiger partial charge in [-0.05, 0) is 34.0 Å². The van der Waals surface area contributed by atoms with Gasteiger partial charge < -0.3 is 15.7 Å². The molecule has 0 heterocycles. The monoisotopic (exact) mass is 380 g/mol. The second kappa shape index (κ2) is 7.61. The second-order valence-electron chi connectivity index (χ2n) is 4.54. The molecule has 5 nitrogen and oxygen atoms in total. The number of amides is 2. The molecule has 0 fully saturated rings. The van der Waals surface area contributed by atoms with Crippen LogP contribution in [0, 0.1) is 11.7 Å². The van der Waals surface area contributed by atoms with Gasteiger partial charge in [0.25, 0.3) is 0 Å². The average Bonchev–Trinajstić information content (AvgIpc) is 2.39. The van der Waals surface area contributed by atoms with Crippen LogP contribution in [0.3, 0.4) is 0 Å². The van der Waals surface area contributed by atoms with Gasteiger partial charge in [0.05, 0.1) is 10.7 Å². The van der Waals surface area contributed by atoms with Crippen molar-refractivity contribution in [2.45, 2.75) is 26.3 Å². The number of hydrogen-bond donors (Lipinski definition) is 3. The molecule has 2 unspecified atom stereocenters. The summed E-state index contributed by atoms with van der Waals surface area (Å²) in [6.45, 7) is 3.55. The van der Waals surface area contributed by atoms with E-state index in [0.717, 1.165) is 12.1 Å². The zero-order valence-corrected chi connectivity index (χ0v) is 13.8. The summed E-state index contributed by atoms with van der Waals surface area (Å²) in [5.74, 6) is -1.91. The fourth-order valence-electron chi connectivity index (χ4n) is 1.64. The van der Waals surface area contributed by atoms with Crippen LogP contribution < -0.4 is 10.6 Å². The molecule has 0 saturated carbocycles. The Morgan fingerprint density at radius 3 is 2.57 bits per heavy atom. The molecule has 2 atom stereocenters. The molecule has 0 radical (unpaired) electrons. The van der Waals surface area contributed by atoms with Crippen molar-refractivity contribution in [1.29, 1.82) is 0 Å². The van der Waals surface area contributed by atoms with E-state index in [1.807, 2.05) is 6.92 Å². The molecule has 1 aromatic carbocycles. The second-order valence-corrected chi connectivity index (χ2v) is 5.81. The molecule has 8 heteroatoms. The Bertz CT molecular complexity index is 533. The van der Waals surface area contributed by atoms with Crippen molar-refractivity contribution >= 4 is 45.2 Å². The highest BCUT2D eigenvalue weighted by atomic mass is 79.9. The fraction of sp³-hybridized carbons (Fsp3) is 0.385. The van der Waals surface area contributed by atoms with Crippen molar-refractivity contribution in [3.63, 3.8) is 0 Å². The lowest BCUT2D eigenvalue weighted by molar-refractivity contribution is -0.140. The van der Waals surface area contributed by atoms with Gasteiger partial charge in [-0.3, -0.25) is 0 Å². The summed E-state index contributed by atoms with van der Waals surface area (Å²) in [5, 5.41) is 13.9. The van der Waals surface area contributed by atoms with Gasteiger partial charge in [-0.15, -0.1) is 0 Å². The number of nitrogens with one attached hydrogen (secondary N) is 2. The third-order valence-corrected chi connectivity index (χ3v) is 3.93. The standard InChI is InChI=1S/C13H15BrClFN2O3/c1-3-6(2)10(12(19)20)17-13(21)18-11-8(14)4-7(16)5-9(11)15/h4-6,10H,3H2,1-2H3,(H,19,20)(H2,17,18,21). The van der Waals surface area contributed by atoms with Crippen LogP contribution in [-0.2, 0) is 4.79 Å². The van der Waals surface area contributed by atoms with Crippen LogP contribution in [0.5, 0.6) is 0 Å². The number of carboxylic acids is 1. The first-order chi connectivity index (χ1) is 9.76. The van der Waals surface area contributed by atoms with Gasteiger partial charge in [-0.1, -0.05) is 31.9 Å². The summed E-state index contributed by atoms with van der Waals surface area (Å²) >= 11 is 8.92. The lowest BCUT2D eigenvalue weighted by Crippen LogP contribution is -2.46. The lowest BCUT2D eigenvalue weighted by Gasteiger charge is -2.20. The van der Waals surface area contributed by atoms with Crippen LogP contribution in [0.15, 0.2) is 16.6 Å². The molecular formula is C13H15BrClFN2O3. The number of hydrogen-bond acceptors (Lipinski definition) is 2. The molecule has 0 spiro atoms. The molecule has 21 heavy (non-hydrogen) atoms. The maximum atomic E-state index is 13.1. The Balaban J connectivity index is 2.84. The molecule has 0 saturated heterocycles. The number of urea groups is 1. The summed E-state index contributed by atoms with van der Waals surface area (Å²) in [6.07, 6.45) is 0.595. The van der Waals surface area contributed by atoms with Crippen LogP contribution in [0.1, 0.15) is 20.3 Å². The minimum absolute atomic E-state index is 0.00689. The highest BCUT2D eigenvalue weighted by molar-refractivity contribution is 9.10. The topological polar surface area (TPSA) is 78.4 Å². The first kappa shape index (κ1) is 17.7. The van der Waals surface area contributed by atoms with E-state index in [2.05, 4.69) is 26.6 Å². The van der Waals surface area contributed by atoms with Crippen LogP contribution in [0.2, 0.25) is 5.02 Å². The van der Waals surface area contributed by atoms with Crippen LogP contribution in [0.4, 0.5) is 14.9 Å². The van der Waals surface area contributed by atoms with Gasteiger partial charge >= 0.3 is 12.0 Å². The Labute approximate surface area is 135 Å². The molecule has 0 aliphatic heterocycles. The van der Waals surface area contributed by atoms with Crippen LogP contribution in [-0.4, -0.2) is 23.1 Å². The number of carboxylic acid groups (broad SMARTS) is 1. The van der Waals surface area contributed by atoms with Crippen molar-refractivity contribution < 1.29 is 19.1 Å². The SMILES string of the molecule is CCC(C)C(NC(=O)Nc1c(Cl)cc(F)cc1Br)C(=O)O. The molecule has 0 aliphatic carbocycles. The number of benzene rings is 1. The van der Waals surface area contributed by atoms with E-state index in [0.29, 0.717) is 6.42 Å². The predicted molar refractivity (Wildman–Crippen MR) is 82.1 cm³/mol. The average molecular weight is 382 g/mol. The maximum Gasteiger partial charge on any atom is 0.326 e.